The summed E-state index contributed by atoms with van der Waals surface area (Å²) < 4.78 is 11.8. The van der Waals surface area contributed by atoms with Gasteiger partial charge < -0.3 is 15.2 Å². The molecule has 0 bridgehead atoms. The molecule has 1 saturated heterocycles. The van der Waals surface area contributed by atoms with Crippen molar-refractivity contribution in [2.75, 3.05) is 26.2 Å². The number of morpholine rings is 1. The highest BCUT2D eigenvalue weighted by Crippen LogP contribution is 2.21. The van der Waals surface area contributed by atoms with Gasteiger partial charge in [-0.1, -0.05) is 18.2 Å². The van der Waals surface area contributed by atoms with Gasteiger partial charge in [0.2, 0.25) is 0 Å². The summed E-state index contributed by atoms with van der Waals surface area (Å²) in [5, 5.41) is 0. The Morgan fingerprint density at radius 1 is 1.40 bits per heavy atom. The molecule has 0 aromatic heterocycles. The molecule has 4 nitrogen and oxygen atoms in total. The Morgan fingerprint density at radius 2 is 2.15 bits per heavy atom. The number of nitrogens with zero attached hydrogens (tertiary/aromatic N) is 1. The van der Waals surface area contributed by atoms with Crippen LogP contribution in [0.1, 0.15) is 26.3 Å². The summed E-state index contributed by atoms with van der Waals surface area (Å²) >= 11 is 0. The van der Waals surface area contributed by atoms with Crippen molar-refractivity contribution >= 4 is 0 Å². The van der Waals surface area contributed by atoms with Gasteiger partial charge in [-0.25, -0.2) is 0 Å². The van der Waals surface area contributed by atoms with Crippen LogP contribution in [-0.2, 0) is 11.3 Å². The Balaban J connectivity index is 1.83. The molecular weight excluding hydrogens is 252 g/mol. The van der Waals surface area contributed by atoms with Crippen LogP contribution in [0.25, 0.3) is 0 Å². The van der Waals surface area contributed by atoms with Crippen molar-refractivity contribution in [1.82, 2.24) is 4.90 Å². The van der Waals surface area contributed by atoms with Gasteiger partial charge in [-0.2, -0.15) is 0 Å². The molecule has 20 heavy (non-hydrogen) atoms. The molecule has 112 valence electrons. The first-order valence-corrected chi connectivity index (χ1v) is 7.31. The van der Waals surface area contributed by atoms with Gasteiger partial charge >= 0.3 is 0 Å². The highest BCUT2D eigenvalue weighted by molar-refractivity contribution is 5.32. The van der Waals surface area contributed by atoms with E-state index in [0.717, 1.165) is 30.9 Å². The number of ether oxygens (including phenoxy) is 2. The zero-order valence-electron chi connectivity index (χ0n) is 12.8. The lowest BCUT2D eigenvalue weighted by atomic mass is 10.1. The highest BCUT2D eigenvalue weighted by atomic mass is 16.5. The molecule has 1 aliphatic rings. The maximum atomic E-state index is 5.91. The van der Waals surface area contributed by atoms with Gasteiger partial charge in [0.15, 0.2) is 0 Å². The molecule has 1 aliphatic heterocycles. The fraction of sp³-hybridized carbons (Fsp3) is 0.625. The van der Waals surface area contributed by atoms with E-state index in [0.29, 0.717) is 13.2 Å². The second-order valence-electron chi connectivity index (χ2n) is 6.08. The first-order chi connectivity index (χ1) is 9.50. The minimum atomic E-state index is -0.0766. The van der Waals surface area contributed by atoms with Crippen molar-refractivity contribution in [3.63, 3.8) is 0 Å². The van der Waals surface area contributed by atoms with Crippen molar-refractivity contribution in [3.8, 4) is 5.75 Å². The topological polar surface area (TPSA) is 47.7 Å². The maximum absolute atomic E-state index is 5.91. The van der Waals surface area contributed by atoms with Crippen molar-refractivity contribution in [2.24, 2.45) is 5.73 Å². The lowest BCUT2D eigenvalue weighted by molar-refractivity contribution is -0.129. The summed E-state index contributed by atoms with van der Waals surface area (Å²) in [6.07, 6.45) is 0.273. The molecule has 2 rings (SSSR count). The monoisotopic (exact) mass is 278 g/mol. The van der Waals surface area contributed by atoms with Gasteiger partial charge in [-0.3, -0.25) is 4.90 Å². The second kappa shape index (κ2) is 6.57. The lowest BCUT2D eigenvalue weighted by Gasteiger charge is -2.41. The average molecular weight is 278 g/mol. The summed E-state index contributed by atoms with van der Waals surface area (Å²) in [5.41, 5.74) is 6.69. The van der Waals surface area contributed by atoms with E-state index in [-0.39, 0.29) is 11.7 Å². The zero-order chi connectivity index (χ0) is 14.6. The molecule has 2 N–H and O–H groups in total. The summed E-state index contributed by atoms with van der Waals surface area (Å²) in [6, 6.07) is 7.96. The standard InChI is InChI=1S/C16H26N2O2/c1-13-11-18(12-16(2,3)20-13)8-9-19-15-7-5-4-6-14(15)10-17/h4-7,13H,8-12,17H2,1-3H3. The first kappa shape index (κ1) is 15.3. The van der Waals surface area contributed by atoms with Gasteiger partial charge in [0.05, 0.1) is 11.7 Å². The van der Waals surface area contributed by atoms with E-state index in [1.54, 1.807) is 0 Å². The third-order valence-electron chi connectivity index (χ3n) is 3.50. The van der Waals surface area contributed by atoms with Crippen LogP contribution in [0.15, 0.2) is 24.3 Å². The van der Waals surface area contributed by atoms with E-state index in [9.17, 15) is 0 Å². The van der Waals surface area contributed by atoms with Crippen LogP contribution >= 0.6 is 0 Å². The minimum absolute atomic E-state index is 0.0766. The predicted molar refractivity (Wildman–Crippen MR) is 80.9 cm³/mol. The van der Waals surface area contributed by atoms with Crippen LogP contribution in [0.4, 0.5) is 0 Å². The van der Waals surface area contributed by atoms with Gasteiger partial charge in [-0.15, -0.1) is 0 Å². The van der Waals surface area contributed by atoms with E-state index in [1.165, 1.54) is 0 Å². The van der Waals surface area contributed by atoms with Crippen LogP contribution in [0, 0.1) is 0 Å². The number of hydrogen-bond acceptors (Lipinski definition) is 4. The first-order valence-electron chi connectivity index (χ1n) is 7.31. The fourth-order valence-corrected chi connectivity index (χ4v) is 2.85. The molecule has 0 saturated carbocycles. The normalized spacial score (nSPS) is 22.7. The molecule has 4 heteroatoms. The van der Waals surface area contributed by atoms with Gasteiger partial charge in [0, 0.05) is 31.7 Å². The quantitative estimate of drug-likeness (QED) is 0.895. The molecule has 1 heterocycles. The fourth-order valence-electron chi connectivity index (χ4n) is 2.85. The van der Waals surface area contributed by atoms with Crippen molar-refractivity contribution < 1.29 is 9.47 Å². The van der Waals surface area contributed by atoms with Crippen LogP contribution < -0.4 is 10.5 Å². The molecule has 0 amide bonds. The number of para-hydroxylation sites is 1. The Labute approximate surface area is 121 Å². The van der Waals surface area contributed by atoms with E-state index in [2.05, 4.69) is 25.7 Å². The molecule has 1 aromatic rings. The molecular formula is C16H26N2O2. The van der Waals surface area contributed by atoms with Crippen LogP contribution in [0.3, 0.4) is 0 Å². The zero-order valence-corrected chi connectivity index (χ0v) is 12.8. The summed E-state index contributed by atoms with van der Waals surface area (Å²) in [7, 11) is 0. The lowest BCUT2D eigenvalue weighted by Crippen LogP contribution is -2.52. The van der Waals surface area contributed by atoms with Crippen molar-refractivity contribution in [2.45, 2.75) is 39.0 Å². The Bertz CT molecular complexity index is 434. The highest BCUT2D eigenvalue weighted by Gasteiger charge is 2.30. The number of hydrogen-bond donors (Lipinski definition) is 1. The SMILES string of the molecule is CC1CN(CCOc2ccccc2CN)CC(C)(C)O1. The minimum Gasteiger partial charge on any atom is -0.492 e. The van der Waals surface area contributed by atoms with Crippen LogP contribution in [0.2, 0.25) is 0 Å². The molecule has 0 spiro atoms. The number of nitrogens with two attached hydrogens (primary N) is 1. The van der Waals surface area contributed by atoms with Gasteiger partial charge in [0.1, 0.15) is 12.4 Å². The smallest absolute Gasteiger partial charge is 0.123 e. The summed E-state index contributed by atoms with van der Waals surface area (Å²) in [6.45, 7) is 10.4. The van der Waals surface area contributed by atoms with Crippen LogP contribution in [0.5, 0.6) is 5.75 Å². The third-order valence-corrected chi connectivity index (χ3v) is 3.50. The average Bonchev–Trinajstić information content (AvgIpc) is 2.37. The Hall–Kier alpha value is -1.10. The molecule has 1 unspecified atom stereocenters. The number of rotatable bonds is 5. The largest absolute Gasteiger partial charge is 0.492 e. The second-order valence-corrected chi connectivity index (χ2v) is 6.08. The number of benzene rings is 1. The van der Waals surface area contributed by atoms with Gasteiger partial charge in [-0.05, 0) is 26.8 Å². The van der Waals surface area contributed by atoms with E-state index in [1.807, 2.05) is 24.3 Å². The van der Waals surface area contributed by atoms with Crippen molar-refractivity contribution in [3.05, 3.63) is 29.8 Å². The predicted octanol–water partition coefficient (Wildman–Crippen LogP) is 2.02. The maximum Gasteiger partial charge on any atom is 0.123 e. The Morgan fingerprint density at radius 3 is 2.85 bits per heavy atom. The summed E-state index contributed by atoms with van der Waals surface area (Å²) in [5.74, 6) is 0.899. The van der Waals surface area contributed by atoms with Crippen LogP contribution in [-0.4, -0.2) is 42.8 Å². The molecule has 1 aromatic carbocycles. The van der Waals surface area contributed by atoms with E-state index >= 15 is 0 Å². The molecule has 0 radical (unpaired) electrons. The molecule has 1 fully saturated rings. The van der Waals surface area contributed by atoms with Crippen molar-refractivity contribution in [1.29, 1.82) is 0 Å². The van der Waals surface area contributed by atoms with E-state index < -0.39 is 0 Å². The third kappa shape index (κ3) is 4.20. The summed E-state index contributed by atoms with van der Waals surface area (Å²) in [4.78, 5) is 2.40. The Kier molecular flexibility index (Phi) is 5.02. The molecule has 0 aliphatic carbocycles. The van der Waals surface area contributed by atoms with Gasteiger partial charge in [0.25, 0.3) is 0 Å². The van der Waals surface area contributed by atoms with E-state index in [4.69, 9.17) is 15.2 Å². The molecule has 1 atom stereocenters.